The number of hydrogen-bond donors (Lipinski definition) is 0. The molecule has 11 rings (SSSR count). The summed E-state index contributed by atoms with van der Waals surface area (Å²) in [6.45, 7) is 0. The number of thiophene rings is 1. The van der Waals surface area contributed by atoms with Crippen molar-refractivity contribution in [2.75, 3.05) is 0 Å². The molecule has 49 heavy (non-hydrogen) atoms. The van der Waals surface area contributed by atoms with Gasteiger partial charge in [0.15, 0.2) is 0 Å². The third-order valence-electron chi connectivity index (χ3n) is 10.3. The van der Waals surface area contributed by atoms with E-state index in [9.17, 15) is 0 Å². The van der Waals surface area contributed by atoms with Crippen molar-refractivity contribution in [1.29, 1.82) is 0 Å². The van der Waals surface area contributed by atoms with Crippen LogP contribution in [0.2, 0.25) is 0 Å². The standard InChI is InChI=1S/C46H28N2S/c1-2-11-31-26-33(25-20-29(31)10-1)48-42-18-7-4-13-36(42)40-27-43-39(28-44(40)48)35-12-3-6-17-41(35)47(43)32-23-21-30(22-24-32)34-15-9-16-38-37-14-5-8-19-45(37)49-46(34)38/h1-28H. The molecule has 0 aliphatic carbocycles. The molecule has 0 bridgehead atoms. The highest BCUT2D eigenvalue weighted by atomic mass is 32.1. The minimum atomic E-state index is 1.16. The van der Waals surface area contributed by atoms with Gasteiger partial charge in [-0.3, -0.25) is 0 Å². The number of nitrogens with zero attached hydrogens (tertiary/aromatic N) is 2. The zero-order valence-corrected chi connectivity index (χ0v) is 27.3. The van der Waals surface area contributed by atoms with Gasteiger partial charge >= 0.3 is 0 Å². The second kappa shape index (κ2) is 10.2. The molecule has 0 radical (unpaired) electrons. The van der Waals surface area contributed by atoms with Crippen LogP contribution in [0.15, 0.2) is 170 Å². The maximum atomic E-state index is 2.44. The van der Waals surface area contributed by atoms with E-state index in [4.69, 9.17) is 0 Å². The monoisotopic (exact) mass is 640 g/mol. The summed E-state index contributed by atoms with van der Waals surface area (Å²) in [6, 6.07) is 62.5. The van der Waals surface area contributed by atoms with Crippen molar-refractivity contribution in [3.8, 4) is 22.5 Å². The topological polar surface area (TPSA) is 9.86 Å². The smallest absolute Gasteiger partial charge is 0.0548 e. The lowest BCUT2D eigenvalue weighted by Crippen LogP contribution is -1.95. The van der Waals surface area contributed by atoms with Crippen molar-refractivity contribution in [3.05, 3.63) is 170 Å². The summed E-state index contributed by atoms with van der Waals surface area (Å²) in [7, 11) is 0. The number of rotatable bonds is 3. The number of aromatic nitrogens is 2. The Labute approximate surface area is 286 Å². The Morgan fingerprint density at radius 1 is 0.347 bits per heavy atom. The van der Waals surface area contributed by atoms with Crippen LogP contribution < -0.4 is 0 Å². The molecule has 0 atom stereocenters. The minimum absolute atomic E-state index is 1.16. The summed E-state index contributed by atoms with van der Waals surface area (Å²) in [5, 5.41) is 10.2. The predicted molar refractivity (Wildman–Crippen MR) is 211 cm³/mol. The Morgan fingerprint density at radius 3 is 1.65 bits per heavy atom. The molecule has 0 unspecified atom stereocenters. The van der Waals surface area contributed by atoms with Crippen molar-refractivity contribution in [2.45, 2.75) is 0 Å². The number of fused-ring (bicyclic) bond motifs is 10. The van der Waals surface area contributed by atoms with Gasteiger partial charge < -0.3 is 9.13 Å². The maximum Gasteiger partial charge on any atom is 0.0548 e. The summed E-state index contributed by atoms with van der Waals surface area (Å²) in [4.78, 5) is 0. The lowest BCUT2D eigenvalue weighted by atomic mass is 10.0. The van der Waals surface area contributed by atoms with Gasteiger partial charge in [-0.2, -0.15) is 0 Å². The normalized spacial score (nSPS) is 12.1. The largest absolute Gasteiger partial charge is 0.309 e. The average Bonchev–Trinajstić information content (AvgIpc) is 3.81. The Kier molecular flexibility index (Phi) is 5.57. The van der Waals surface area contributed by atoms with Crippen molar-refractivity contribution < 1.29 is 0 Å². The molecule has 3 aromatic heterocycles. The first kappa shape index (κ1) is 26.9. The van der Waals surface area contributed by atoms with Crippen LogP contribution in [0.5, 0.6) is 0 Å². The lowest BCUT2D eigenvalue weighted by Gasteiger charge is -2.11. The molecule has 3 heterocycles. The summed E-state index contributed by atoms with van der Waals surface area (Å²) in [5.74, 6) is 0. The molecule has 0 spiro atoms. The van der Waals surface area contributed by atoms with Crippen LogP contribution in [0, 0.1) is 0 Å². The first-order chi connectivity index (χ1) is 24.3. The van der Waals surface area contributed by atoms with Gasteiger partial charge in [0.25, 0.3) is 0 Å². The summed E-state index contributed by atoms with van der Waals surface area (Å²) in [6.07, 6.45) is 0. The van der Waals surface area contributed by atoms with Crippen LogP contribution in [0.4, 0.5) is 0 Å². The summed E-state index contributed by atoms with van der Waals surface area (Å²) < 4.78 is 7.56. The van der Waals surface area contributed by atoms with E-state index in [1.54, 1.807) is 0 Å². The SMILES string of the molecule is c1ccc2cc(-n3c4ccccc4c4cc5c(cc43)c3ccccc3n5-c3ccc(-c4cccc5c4sc4ccccc45)cc3)ccc2c1. The van der Waals surface area contributed by atoms with Crippen molar-refractivity contribution >= 4 is 85.9 Å². The van der Waals surface area contributed by atoms with Crippen LogP contribution in [0.3, 0.4) is 0 Å². The molecular formula is C46H28N2S. The molecule has 0 saturated heterocycles. The van der Waals surface area contributed by atoms with E-state index in [2.05, 4.69) is 179 Å². The molecule has 8 aromatic carbocycles. The number of benzene rings is 8. The Bertz CT molecular complexity index is 3100. The fraction of sp³-hybridized carbons (Fsp3) is 0. The zero-order valence-electron chi connectivity index (χ0n) is 26.5. The van der Waals surface area contributed by atoms with Gasteiger partial charge in [-0.1, -0.05) is 115 Å². The first-order valence-corrected chi connectivity index (χ1v) is 17.6. The highest BCUT2D eigenvalue weighted by Crippen LogP contribution is 2.42. The van der Waals surface area contributed by atoms with E-state index < -0.39 is 0 Å². The average molecular weight is 641 g/mol. The third-order valence-corrected chi connectivity index (χ3v) is 11.5. The van der Waals surface area contributed by atoms with Crippen molar-refractivity contribution in [2.24, 2.45) is 0 Å². The van der Waals surface area contributed by atoms with Gasteiger partial charge in [0, 0.05) is 53.1 Å². The Hall–Kier alpha value is -6.16. The van der Waals surface area contributed by atoms with Gasteiger partial charge in [0.2, 0.25) is 0 Å². The van der Waals surface area contributed by atoms with Crippen LogP contribution in [-0.2, 0) is 0 Å². The maximum absolute atomic E-state index is 2.44. The minimum Gasteiger partial charge on any atom is -0.309 e. The quantitative estimate of drug-likeness (QED) is 0.182. The molecule has 0 N–H and O–H groups in total. The zero-order chi connectivity index (χ0) is 32.1. The van der Waals surface area contributed by atoms with E-state index in [0.29, 0.717) is 0 Å². The Morgan fingerprint density at radius 2 is 0.918 bits per heavy atom. The van der Waals surface area contributed by atoms with Crippen molar-refractivity contribution in [3.63, 3.8) is 0 Å². The molecule has 0 amide bonds. The van der Waals surface area contributed by atoms with E-state index in [-0.39, 0.29) is 0 Å². The van der Waals surface area contributed by atoms with Gasteiger partial charge in [-0.25, -0.2) is 0 Å². The fourth-order valence-electron chi connectivity index (χ4n) is 8.07. The highest BCUT2D eigenvalue weighted by molar-refractivity contribution is 7.26. The molecule has 11 aromatic rings. The highest BCUT2D eigenvalue weighted by Gasteiger charge is 2.19. The summed E-state index contributed by atoms with van der Waals surface area (Å²) in [5.41, 5.74) is 9.74. The molecule has 0 aliphatic heterocycles. The number of hydrogen-bond acceptors (Lipinski definition) is 1. The van der Waals surface area contributed by atoms with E-state index in [0.717, 1.165) is 5.69 Å². The van der Waals surface area contributed by atoms with Crippen LogP contribution in [0.25, 0.3) is 97.1 Å². The predicted octanol–water partition coefficient (Wildman–Crippen LogP) is 13.1. The Balaban J connectivity index is 1.13. The van der Waals surface area contributed by atoms with Gasteiger partial charge in [-0.05, 0) is 76.5 Å². The number of para-hydroxylation sites is 2. The molecule has 3 heteroatoms. The van der Waals surface area contributed by atoms with Crippen molar-refractivity contribution in [1.82, 2.24) is 9.13 Å². The molecule has 0 aliphatic rings. The van der Waals surface area contributed by atoms with E-state index in [1.807, 2.05) is 11.3 Å². The fourth-order valence-corrected chi connectivity index (χ4v) is 9.31. The van der Waals surface area contributed by atoms with Gasteiger partial charge in [-0.15, -0.1) is 11.3 Å². The second-order valence-electron chi connectivity index (χ2n) is 13.0. The second-order valence-corrected chi connectivity index (χ2v) is 14.0. The van der Waals surface area contributed by atoms with E-state index >= 15 is 0 Å². The summed E-state index contributed by atoms with van der Waals surface area (Å²) >= 11 is 1.88. The molecule has 228 valence electrons. The van der Waals surface area contributed by atoms with Crippen LogP contribution in [-0.4, -0.2) is 9.13 Å². The van der Waals surface area contributed by atoms with Crippen LogP contribution in [0.1, 0.15) is 0 Å². The molecule has 0 fully saturated rings. The van der Waals surface area contributed by atoms with Crippen LogP contribution >= 0.6 is 11.3 Å². The molecule has 2 nitrogen and oxygen atoms in total. The van der Waals surface area contributed by atoms with E-state index in [1.165, 1.54) is 91.4 Å². The lowest BCUT2D eigenvalue weighted by molar-refractivity contribution is 1.18. The molecule has 0 saturated carbocycles. The third kappa shape index (κ3) is 3.88. The molecular weight excluding hydrogens is 613 g/mol. The van der Waals surface area contributed by atoms with Gasteiger partial charge in [0.05, 0.1) is 22.1 Å². The van der Waals surface area contributed by atoms with Gasteiger partial charge in [0.1, 0.15) is 0 Å². The first-order valence-electron chi connectivity index (χ1n) is 16.8.